The second-order valence-electron chi connectivity index (χ2n) is 7.69. The number of likely N-dealkylation sites (tertiary alicyclic amines) is 1. The van der Waals surface area contributed by atoms with Crippen LogP contribution in [0.5, 0.6) is 5.88 Å². The van der Waals surface area contributed by atoms with Gasteiger partial charge in [0.05, 0.1) is 13.2 Å². The number of rotatable bonds is 5. The highest BCUT2D eigenvalue weighted by molar-refractivity contribution is 5.92. The quantitative estimate of drug-likeness (QED) is 0.744. The number of hydrogen-bond donors (Lipinski definition) is 0. The summed E-state index contributed by atoms with van der Waals surface area (Å²) in [6.07, 6.45) is 1.88. The van der Waals surface area contributed by atoms with E-state index in [0.29, 0.717) is 44.3 Å². The van der Waals surface area contributed by atoms with Gasteiger partial charge in [-0.1, -0.05) is 30.3 Å². The average Bonchev–Trinajstić information content (AvgIpc) is 2.81. The number of carbonyl (C=O) groups excluding carboxylic acids is 2. The molecule has 30 heavy (non-hydrogen) atoms. The molecule has 0 spiro atoms. The van der Waals surface area contributed by atoms with Crippen molar-refractivity contribution in [3.05, 3.63) is 53.7 Å². The molecule has 4 rings (SSSR count). The zero-order valence-electron chi connectivity index (χ0n) is 17.2. The molecule has 8 nitrogen and oxygen atoms in total. The second-order valence-corrected chi connectivity index (χ2v) is 7.69. The van der Waals surface area contributed by atoms with E-state index >= 15 is 0 Å². The summed E-state index contributed by atoms with van der Waals surface area (Å²) in [5.41, 5.74) is 1.47. The van der Waals surface area contributed by atoms with E-state index in [2.05, 4.69) is 27.2 Å². The van der Waals surface area contributed by atoms with Gasteiger partial charge in [0.15, 0.2) is 5.69 Å². The van der Waals surface area contributed by atoms with E-state index < -0.39 is 0 Å². The highest BCUT2D eigenvalue weighted by Gasteiger charge is 2.35. The molecule has 0 N–H and O–H groups in total. The number of nitrogens with zero attached hydrogens (tertiary/aromatic N) is 5. The van der Waals surface area contributed by atoms with Gasteiger partial charge in [-0.25, -0.2) is 0 Å². The van der Waals surface area contributed by atoms with Crippen LogP contribution in [0, 0.1) is 0 Å². The number of benzene rings is 1. The van der Waals surface area contributed by atoms with Crippen LogP contribution in [0.3, 0.4) is 0 Å². The highest BCUT2D eigenvalue weighted by Crippen LogP contribution is 2.21. The van der Waals surface area contributed by atoms with Gasteiger partial charge in [-0.15, -0.1) is 10.2 Å². The monoisotopic (exact) mass is 409 g/mol. The lowest BCUT2D eigenvalue weighted by Gasteiger charge is -2.42. The number of aromatic nitrogens is 2. The number of ether oxygens (including phenoxy) is 1. The molecule has 1 aromatic carbocycles. The molecule has 2 fully saturated rings. The van der Waals surface area contributed by atoms with Gasteiger partial charge >= 0.3 is 0 Å². The summed E-state index contributed by atoms with van der Waals surface area (Å²) in [5, 5.41) is 7.83. The highest BCUT2D eigenvalue weighted by atomic mass is 16.5. The lowest BCUT2D eigenvalue weighted by Crippen LogP contribution is -2.58. The summed E-state index contributed by atoms with van der Waals surface area (Å²) in [4.78, 5) is 31.8. The molecule has 1 aromatic heterocycles. The molecule has 2 aromatic rings. The number of carbonyl (C=O) groups is 2. The molecule has 0 radical (unpaired) electrons. The second kappa shape index (κ2) is 9.21. The Morgan fingerprint density at radius 3 is 2.47 bits per heavy atom. The molecule has 0 bridgehead atoms. The Bertz CT molecular complexity index is 866. The van der Waals surface area contributed by atoms with E-state index in [1.807, 2.05) is 23.1 Å². The zero-order valence-corrected chi connectivity index (χ0v) is 17.2. The third-order valence-corrected chi connectivity index (χ3v) is 5.83. The van der Waals surface area contributed by atoms with Gasteiger partial charge in [0.25, 0.3) is 5.91 Å². The van der Waals surface area contributed by atoms with Crippen LogP contribution in [-0.2, 0) is 11.3 Å². The maximum absolute atomic E-state index is 13.1. The normalized spacial score (nSPS) is 20.3. The topological polar surface area (TPSA) is 78.9 Å². The fourth-order valence-electron chi connectivity index (χ4n) is 4.16. The summed E-state index contributed by atoms with van der Waals surface area (Å²) >= 11 is 0. The van der Waals surface area contributed by atoms with Crippen molar-refractivity contribution in [3.63, 3.8) is 0 Å². The lowest BCUT2D eigenvalue weighted by atomic mass is 10.0. The van der Waals surface area contributed by atoms with Crippen LogP contribution in [0.1, 0.15) is 28.9 Å². The molecule has 8 heteroatoms. The van der Waals surface area contributed by atoms with E-state index in [-0.39, 0.29) is 17.9 Å². The van der Waals surface area contributed by atoms with Crippen molar-refractivity contribution in [2.45, 2.75) is 25.4 Å². The Morgan fingerprint density at radius 2 is 1.80 bits per heavy atom. The molecule has 2 amide bonds. The van der Waals surface area contributed by atoms with Gasteiger partial charge in [-0.3, -0.25) is 14.5 Å². The number of amides is 2. The van der Waals surface area contributed by atoms with Crippen molar-refractivity contribution in [2.24, 2.45) is 0 Å². The molecule has 2 aliphatic heterocycles. The Balaban J connectivity index is 1.33. The van der Waals surface area contributed by atoms with Crippen LogP contribution in [0.4, 0.5) is 0 Å². The minimum absolute atomic E-state index is 0.0968. The number of methoxy groups -OCH3 is 1. The summed E-state index contributed by atoms with van der Waals surface area (Å²) in [7, 11) is 1.51. The molecule has 2 saturated heterocycles. The van der Waals surface area contributed by atoms with Gasteiger partial charge in [-0.05, 0) is 24.5 Å². The van der Waals surface area contributed by atoms with E-state index in [1.165, 1.54) is 7.11 Å². The van der Waals surface area contributed by atoms with Crippen molar-refractivity contribution < 1.29 is 14.3 Å². The molecular weight excluding hydrogens is 382 g/mol. The molecule has 0 aliphatic carbocycles. The first-order valence-corrected chi connectivity index (χ1v) is 10.4. The maximum Gasteiger partial charge on any atom is 0.274 e. The lowest BCUT2D eigenvalue weighted by molar-refractivity contribution is -0.141. The third kappa shape index (κ3) is 4.43. The van der Waals surface area contributed by atoms with E-state index in [1.54, 1.807) is 17.0 Å². The predicted molar refractivity (Wildman–Crippen MR) is 111 cm³/mol. The van der Waals surface area contributed by atoms with Crippen LogP contribution in [-0.4, -0.2) is 82.6 Å². The zero-order chi connectivity index (χ0) is 20.9. The van der Waals surface area contributed by atoms with E-state index in [0.717, 1.165) is 24.9 Å². The molecule has 2 aliphatic rings. The first kappa shape index (κ1) is 20.3. The van der Waals surface area contributed by atoms with Gasteiger partial charge < -0.3 is 14.5 Å². The summed E-state index contributed by atoms with van der Waals surface area (Å²) < 4.78 is 4.99. The standard InChI is InChI=1S/C22H27N5O3/c1-30-20-10-9-18(23-24-20)21(28)26-14-12-25(13-15-26)19-8-5-11-27(22(19)29)16-17-6-3-2-4-7-17/h2-4,6-7,9-10,19H,5,8,11-16H2,1H3. The van der Waals surface area contributed by atoms with Crippen molar-refractivity contribution in [3.8, 4) is 5.88 Å². The smallest absolute Gasteiger partial charge is 0.274 e. The van der Waals surface area contributed by atoms with Crippen molar-refractivity contribution in [1.82, 2.24) is 24.9 Å². The SMILES string of the molecule is COc1ccc(C(=O)N2CCN(C3CCCN(Cc4ccccc4)C3=O)CC2)nn1. The Morgan fingerprint density at radius 1 is 1.03 bits per heavy atom. The van der Waals surface area contributed by atoms with Gasteiger partial charge in [0.2, 0.25) is 11.8 Å². The molecule has 1 unspecified atom stereocenters. The van der Waals surface area contributed by atoms with Gasteiger partial charge in [0.1, 0.15) is 0 Å². The molecule has 3 heterocycles. The first-order chi connectivity index (χ1) is 14.7. The Hall–Kier alpha value is -3.00. The van der Waals surface area contributed by atoms with Gasteiger partial charge in [0, 0.05) is 45.3 Å². The molecular formula is C22H27N5O3. The third-order valence-electron chi connectivity index (χ3n) is 5.83. The number of piperidine rings is 1. The molecule has 0 saturated carbocycles. The summed E-state index contributed by atoms with van der Waals surface area (Å²) in [6, 6.07) is 13.3. The van der Waals surface area contributed by atoms with Crippen LogP contribution in [0.25, 0.3) is 0 Å². The van der Waals surface area contributed by atoms with E-state index in [9.17, 15) is 9.59 Å². The van der Waals surface area contributed by atoms with Crippen LogP contribution in [0.15, 0.2) is 42.5 Å². The number of piperazine rings is 1. The maximum atomic E-state index is 13.1. The van der Waals surface area contributed by atoms with Crippen LogP contribution < -0.4 is 4.74 Å². The fourth-order valence-corrected chi connectivity index (χ4v) is 4.16. The van der Waals surface area contributed by atoms with Gasteiger partial charge in [-0.2, -0.15) is 0 Å². The van der Waals surface area contributed by atoms with Crippen LogP contribution in [0.2, 0.25) is 0 Å². The summed E-state index contributed by atoms with van der Waals surface area (Å²) in [6.45, 7) is 3.99. The van der Waals surface area contributed by atoms with Crippen LogP contribution >= 0.6 is 0 Å². The van der Waals surface area contributed by atoms with Crippen molar-refractivity contribution >= 4 is 11.8 Å². The fraction of sp³-hybridized carbons (Fsp3) is 0.455. The predicted octanol–water partition coefficient (Wildman–Crippen LogP) is 1.43. The average molecular weight is 409 g/mol. The van der Waals surface area contributed by atoms with E-state index in [4.69, 9.17) is 4.74 Å². The minimum Gasteiger partial charge on any atom is -0.480 e. The Kier molecular flexibility index (Phi) is 6.23. The molecule has 158 valence electrons. The Labute approximate surface area is 176 Å². The number of hydrogen-bond acceptors (Lipinski definition) is 6. The van der Waals surface area contributed by atoms with Crippen molar-refractivity contribution in [2.75, 3.05) is 39.8 Å². The summed E-state index contributed by atoms with van der Waals surface area (Å²) in [5.74, 6) is 0.448. The minimum atomic E-state index is -0.134. The largest absolute Gasteiger partial charge is 0.480 e. The first-order valence-electron chi connectivity index (χ1n) is 10.4. The van der Waals surface area contributed by atoms with Crippen molar-refractivity contribution in [1.29, 1.82) is 0 Å². The molecule has 1 atom stereocenters.